The lowest BCUT2D eigenvalue weighted by Crippen LogP contribution is -2.18. The second kappa shape index (κ2) is 6.66. The number of nitrogens with one attached hydrogen (secondary N) is 2. The van der Waals surface area contributed by atoms with E-state index in [1.807, 2.05) is 6.07 Å². The van der Waals surface area contributed by atoms with Crippen molar-refractivity contribution < 1.29 is 22.4 Å². The number of benzene rings is 1. The van der Waals surface area contributed by atoms with Gasteiger partial charge in [-0.15, -0.1) is 0 Å². The summed E-state index contributed by atoms with van der Waals surface area (Å²) in [6.45, 7) is 0.628. The Labute approximate surface area is 140 Å². The maximum Gasteiger partial charge on any atom is 0.273 e. The highest BCUT2D eigenvalue weighted by Gasteiger charge is 2.23. The number of sulfonamides is 1. The fraction of sp³-hybridized carbons (Fsp3) is 0.312. The van der Waals surface area contributed by atoms with Crippen LogP contribution in [0.15, 0.2) is 46.1 Å². The molecule has 1 aliphatic rings. The van der Waals surface area contributed by atoms with Crippen LogP contribution in [-0.2, 0) is 10.0 Å². The minimum Gasteiger partial charge on any atom is -0.491 e. The second-order valence-corrected chi connectivity index (χ2v) is 7.38. The number of carbonyl (C=O) groups is 1. The molecule has 3 rings (SSSR count). The van der Waals surface area contributed by atoms with E-state index < -0.39 is 15.9 Å². The fourth-order valence-electron chi connectivity index (χ4n) is 2.06. The van der Waals surface area contributed by atoms with Gasteiger partial charge in [-0.1, -0.05) is 12.1 Å². The Balaban J connectivity index is 1.73. The lowest BCUT2D eigenvalue weighted by Gasteiger charge is -2.11. The highest BCUT2D eigenvalue weighted by atomic mass is 32.2. The molecule has 1 saturated carbocycles. The third-order valence-corrected chi connectivity index (χ3v) is 4.96. The molecule has 1 fully saturated rings. The van der Waals surface area contributed by atoms with E-state index in [0.29, 0.717) is 24.0 Å². The maximum atomic E-state index is 12.3. The zero-order chi connectivity index (χ0) is 17.2. The number of para-hydroxylation sites is 2. The normalized spacial score (nSPS) is 14.4. The standard InChI is InChI=1S/C16H18N2O5S/c1-17-24(20,21)15-8-12(10-23-15)16(19)18-13-4-2-3-5-14(13)22-9-11-6-7-11/h2-5,8,10-11,17H,6-7,9H2,1H3,(H,18,19). The van der Waals surface area contributed by atoms with Crippen molar-refractivity contribution in [2.24, 2.45) is 5.92 Å². The van der Waals surface area contributed by atoms with Crippen molar-refractivity contribution in [2.75, 3.05) is 19.0 Å². The highest BCUT2D eigenvalue weighted by molar-refractivity contribution is 7.89. The molecule has 2 aromatic rings. The minimum atomic E-state index is -3.72. The number of hydrogen-bond acceptors (Lipinski definition) is 5. The van der Waals surface area contributed by atoms with Crippen LogP contribution in [-0.4, -0.2) is 28.0 Å². The molecule has 0 spiro atoms. The molecule has 1 amide bonds. The van der Waals surface area contributed by atoms with Gasteiger partial charge in [0.15, 0.2) is 0 Å². The molecule has 0 saturated heterocycles. The molecule has 0 unspecified atom stereocenters. The van der Waals surface area contributed by atoms with Gasteiger partial charge in [-0.3, -0.25) is 4.79 Å². The van der Waals surface area contributed by atoms with Crippen LogP contribution in [0.4, 0.5) is 5.69 Å². The predicted molar refractivity (Wildman–Crippen MR) is 87.6 cm³/mol. The van der Waals surface area contributed by atoms with Crippen molar-refractivity contribution in [2.45, 2.75) is 17.9 Å². The van der Waals surface area contributed by atoms with Gasteiger partial charge >= 0.3 is 0 Å². The molecule has 1 aromatic heterocycles. The van der Waals surface area contributed by atoms with E-state index in [-0.39, 0.29) is 10.7 Å². The van der Waals surface area contributed by atoms with Crippen molar-refractivity contribution in [3.05, 3.63) is 42.2 Å². The van der Waals surface area contributed by atoms with Gasteiger partial charge in [-0.25, -0.2) is 13.1 Å². The quantitative estimate of drug-likeness (QED) is 0.798. The van der Waals surface area contributed by atoms with Crippen molar-refractivity contribution >= 4 is 21.6 Å². The predicted octanol–water partition coefficient (Wildman–Crippen LogP) is 2.23. The van der Waals surface area contributed by atoms with E-state index in [1.165, 1.54) is 26.0 Å². The molecule has 0 atom stereocenters. The summed E-state index contributed by atoms with van der Waals surface area (Å²) in [5.74, 6) is 0.708. The lowest BCUT2D eigenvalue weighted by molar-refractivity contribution is 0.102. The summed E-state index contributed by atoms with van der Waals surface area (Å²) in [7, 11) is -2.46. The zero-order valence-corrected chi connectivity index (χ0v) is 13.9. The second-order valence-electron chi connectivity index (χ2n) is 5.57. The van der Waals surface area contributed by atoms with Crippen LogP contribution in [0.5, 0.6) is 5.75 Å². The first kappa shape index (κ1) is 16.5. The van der Waals surface area contributed by atoms with Crippen molar-refractivity contribution in [3.8, 4) is 5.75 Å². The Kier molecular flexibility index (Phi) is 4.59. The Hall–Kier alpha value is -2.32. The molecule has 8 heteroatoms. The largest absolute Gasteiger partial charge is 0.491 e. The van der Waals surface area contributed by atoms with Crippen molar-refractivity contribution in [1.82, 2.24) is 4.72 Å². The van der Waals surface area contributed by atoms with Gasteiger partial charge in [-0.2, -0.15) is 0 Å². The number of carbonyl (C=O) groups excluding carboxylic acids is 1. The van der Waals surface area contributed by atoms with Crippen LogP contribution in [0.3, 0.4) is 0 Å². The topological polar surface area (TPSA) is 97.6 Å². The summed E-state index contributed by atoms with van der Waals surface area (Å²) in [6, 6.07) is 8.30. The molecule has 1 aliphatic carbocycles. The van der Waals surface area contributed by atoms with Crippen LogP contribution in [0.25, 0.3) is 0 Å². The Morgan fingerprint density at radius 2 is 2.08 bits per heavy atom. The first-order valence-electron chi connectivity index (χ1n) is 7.55. The van der Waals surface area contributed by atoms with E-state index in [4.69, 9.17) is 9.15 Å². The van der Waals surface area contributed by atoms with Gasteiger partial charge < -0.3 is 14.5 Å². The number of ether oxygens (including phenoxy) is 1. The smallest absolute Gasteiger partial charge is 0.273 e. The maximum absolute atomic E-state index is 12.3. The Morgan fingerprint density at radius 1 is 1.33 bits per heavy atom. The van der Waals surface area contributed by atoms with Crippen LogP contribution in [0.1, 0.15) is 23.2 Å². The summed E-state index contributed by atoms with van der Waals surface area (Å²) in [5, 5.41) is 2.40. The van der Waals surface area contributed by atoms with Crippen LogP contribution in [0, 0.1) is 5.92 Å². The van der Waals surface area contributed by atoms with Gasteiger partial charge in [-0.05, 0) is 37.9 Å². The van der Waals surface area contributed by atoms with Gasteiger partial charge in [0.1, 0.15) is 12.0 Å². The SMILES string of the molecule is CNS(=O)(=O)c1cc(C(=O)Nc2ccccc2OCC2CC2)co1. The van der Waals surface area contributed by atoms with Crippen molar-refractivity contribution in [1.29, 1.82) is 0 Å². The summed E-state index contributed by atoms with van der Waals surface area (Å²) in [5.41, 5.74) is 0.642. The number of hydrogen-bond donors (Lipinski definition) is 2. The van der Waals surface area contributed by atoms with E-state index in [2.05, 4.69) is 10.0 Å². The number of amides is 1. The van der Waals surface area contributed by atoms with E-state index >= 15 is 0 Å². The Bertz CT molecular complexity index is 840. The average molecular weight is 350 g/mol. The minimum absolute atomic E-state index is 0.112. The van der Waals surface area contributed by atoms with E-state index in [0.717, 1.165) is 6.26 Å². The summed E-state index contributed by atoms with van der Waals surface area (Å²) >= 11 is 0. The molecular weight excluding hydrogens is 332 g/mol. The highest BCUT2D eigenvalue weighted by Crippen LogP contribution is 2.32. The van der Waals surface area contributed by atoms with Gasteiger partial charge in [0.05, 0.1) is 17.9 Å². The molecule has 0 aliphatic heterocycles. The van der Waals surface area contributed by atoms with Crippen LogP contribution < -0.4 is 14.8 Å². The molecular formula is C16H18N2O5S. The van der Waals surface area contributed by atoms with E-state index in [1.54, 1.807) is 18.2 Å². The Morgan fingerprint density at radius 3 is 2.79 bits per heavy atom. The zero-order valence-electron chi connectivity index (χ0n) is 13.1. The van der Waals surface area contributed by atoms with Crippen LogP contribution >= 0.6 is 0 Å². The molecule has 0 radical (unpaired) electrons. The molecule has 1 heterocycles. The third kappa shape index (κ3) is 3.77. The molecule has 0 bridgehead atoms. The third-order valence-electron chi connectivity index (χ3n) is 3.68. The molecule has 7 nitrogen and oxygen atoms in total. The van der Waals surface area contributed by atoms with Gasteiger partial charge in [0.25, 0.3) is 15.9 Å². The van der Waals surface area contributed by atoms with Gasteiger partial charge in [0, 0.05) is 6.07 Å². The average Bonchev–Trinajstić information content (AvgIpc) is 3.26. The molecule has 2 N–H and O–H groups in total. The summed E-state index contributed by atoms with van der Waals surface area (Å²) in [6.07, 6.45) is 3.45. The van der Waals surface area contributed by atoms with Crippen LogP contribution in [0.2, 0.25) is 0 Å². The first-order valence-corrected chi connectivity index (χ1v) is 9.03. The monoisotopic (exact) mass is 350 g/mol. The fourth-order valence-corrected chi connectivity index (χ4v) is 2.72. The molecule has 24 heavy (non-hydrogen) atoms. The summed E-state index contributed by atoms with van der Waals surface area (Å²) < 4.78 is 36.1. The van der Waals surface area contributed by atoms with Gasteiger partial charge in [0.2, 0.25) is 5.09 Å². The summed E-state index contributed by atoms with van der Waals surface area (Å²) in [4.78, 5) is 12.3. The lowest BCUT2D eigenvalue weighted by atomic mass is 10.2. The number of rotatable bonds is 7. The van der Waals surface area contributed by atoms with Crippen molar-refractivity contribution in [3.63, 3.8) is 0 Å². The first-order chi connectivity index (χ1) is 11.5. The van der Waals surface area contributed by atoms with E-state index in [9.17, 15) is 13.2 Å². The number of furan rings is 1. The molecule has 1 aromatic carbocycles. The molecule has 128 valence electrons. The number of anilines is 1.